The van der Waals surface area contributed by atoms with E-state index in [1.165, 1.54) is 0 Å². The predicted molar refractivity (Wildman–Crippen MR) is 74.3 cm³/mol. The van der Waals surface area contributed by atoms with Gasteiger partial charge >= 0.3 is 0 Å². The molecule has 0 amide bonds. The van der Waals surface area contributed by atoms with Crippen molar-refractivity contribution in [3.05, 3.63) is 59.9 Å². The molecule has 0 N–H and O–H groups in total. The predicted octanol–water partition coefficient (Wildman–Crippen LogP) is 3.60. The van der Waals surface area contributed by atoms with Gasteiger partial charge in [0.15, 0.2) is 5.78 Å². The molecule has 0 saturated heterocycles. The van der Waals surface area contributed by atoms with Gasteiger partial charge in [0.05, 0.1) is 5.69 Å². The molecule has 0 spiro atoms. The second-order valence-electron chi connectivity index (χ2n) is 4.91. The average Bonchev–Trinajstić information content (AvgIpc) is 2.40. The van der Waals surface area contributed by atoms with E-state index >= 15 is 0 Å². The monoisotopic (exact) mass is 255 g/mol. The van der Waals surface area contributed by atoms with Crippen molar-refractivity contribution in [1.82, 2.24) is 4.98 Å². The zero-order chi connectivity index (χ0) is 13.9. The summed E-state index contributed by atoms with van der Waals surface area (Å²) < 4.78 is 5.95. The van der Waals surface area contributed by atoms with E-state index in [0.717, 1.165) is 11.4 Å². The number of nitrogens with zero attached hydrogens (tertiary/aromatic N) is 1. The molecular formula is C16H17NO2. The summed E-state index contributed by atoms with van der Waals surface area (Å²) in [5.74, 6) is 0.774. The first-order valence-corrected chi connectivity index (χ1v) is 6.20. The zero-order valence-corrected chi connectivity index (χ0v) is 11.4. The number of ether oxygens (including phenoxy) is 1. The third-order valence-electron chi connectivity index (χ3n) is 2.92. The van der Waals surface area contributed by atoms with E-state index in [1.54, 1.807) is 37.4 Å². The molecule has 0 aliphatic heterocycles. The quantitative estimate of drug-likeness (QED) is 0.784. The van der Waals surface area contributed by atoms with Gasteiger partial charge in [0, 0.05) is 11.8 Å². The summed E-state index contributed by atoms with van der Waals surface area (Å²) in [6.07, 6.45) is 1.75. The number of ketones is 1. The minimum Gasteiger partial charge on any atom is -0.482 e. The molecule has 2 aromatic rings. The van der Waals surface area contributed by atoms with Crippen LogP contribution in [0.2, 0.25) is 0 Å². The minimum absolute atomic E-state index is 0.0514. The van der Waals surface area contributed by atoms with E-state index in [9.17, 15) is 4.79 Å². The van der Waals surface area contributed by atoms with E-state index in [2.05, 4.69) is 4.98 Å². The fraction of sp³-hybridized carbons (Fsp3) is 0.250. The van der Waals surface area contributed by atoms with Crippen LogP contribution in [0.4, 0.5) is 0 Å². The van der Waals surface area contributed by atoms with Gasteiger partial charge in [0.25, 0.3) is 0 Å². The van der Waals surface area contributed by atoms with Gasteiger partial charge in [-0.1, -0.05) is 6.07 Å². The average molecular weight is 255 g/mol. The number of Topliss-reactive ketones (excluding diaryl/α,β-unsaturated/α-hetero) is 1. The number of carbonyl (C=O) groups excluding carboxylic acids is 1. The first-order valence-electron chi connectivity index (χ1n) is 6.20. The lowest BCUT2D eigenvalue weighted by Gasteiger charge is -2.25. The molecule has 0 aliphatic carbocycles. The molecule has 0 unspecified atom stereocenters. The maximum atomic E-state index is 11.2. The molecule has 3 heteroatoms. The third-order valence-corrected chi connectivity index (χ3v) is 2.92. The second-order valence-corrected chi connectivity index (χ2v) is 4.91. The number of hydrogen-bond donors (Lipinski definition) is 0. The van der Waals surface area contributed by atoms with E-state index in [-0.39, 0.29) is 5.78 Å². The van der Waals surface area contributed by atoms with Crippen molar-refractivity contribution in [3.8, 4) is 5.75 Å². The van der Waals surface area contributed by atoms with Crippen molar-refractivity contribution in [2.45, 2.75) is 26.4 Å². The number of hydrogen-bond acceptors (Lipinski definition) is 3. The van der Waals surface area contributed by atoms with Gasteiger partial charge in [0.2, 0.25) is 0 Å². The lowest BCUT2D eigenvalue weighted by Crippen LogP contribution is -2.26. The standard InChI is InChI=1S/C16H17NO2/c1-12(18)13-7-9-14(10-8-13)19-16(2,3)15-6-4-5-11-17-15/h4-11H,1-3H3. The van der Waals surface area contributed by atoms with Gasteiger partial charge < -0.3 is 4.74 Å². The summed E-state index contributed by atoms with van der Waals surface area (Å²) in [4.78, 5) is 15.5. The molecule has 0 atom stereocenters. The maximum absolute atomic E-state index is 11.2. The Morgan fingerprint density at radius 3 is 2.32 bits per heavy atom. The SMILES string of the molecule is CC(=O)c1ccc(OC(C)(C)c2ccccn2)cc1. The fourth-order valence-electron chi connectivity index (χ4n) is 1.82. The van der Waals surface area contributed by atoms with Gasteiger partial charge in [-0.05, 0) is 57.2 Å². The highest BCUT2D eigenvalue weighted by Crippen LogP contribution is 2.26. The molecule has 0 saturated carbocycles. The Kier molecular flexibility index (Phi) is 3.65. The Hall–Kier alpha value is -2.16. The number of aromatic nitrogens is 1. The molecule has 1 aromatic heterocycles. The van der Waals surface area contributed by atoms with Crippen LogP contribution in [-0.4, -0.2) is 10.8 Å². The summed E-state index contributed by atoms with van der Waals surface area (Å²) in [5.41, 5.74) is 1.03. The van der Waals surface area contributed by atoms with Crippen molar-refractivity contribution < 1.29 is 9.53 Å². The van der Waals surface area contributed by atoms with Crippen molar-refractivity contribution in [3.63, 3.8) is 0 Å². The normalized spacial score (nSPS) is 11.1. The van der Waals surface area contributed by atoms with Crippen LogP contribution in [0.3, 0.4) is 0 Å². The largest absolute Gasteiger partial charge is 0.482 e. The molecule has 2 rings (SSSR count). The molecule has 0 aliphatic rings. The van der Waals surface area contributed by atoms with Gasteiger partial charge in [-0.2, -0.15) is 0 Å². The number of carbonyl (C=O) groups is 1. The Morgan fingerprint density at radius 1 is 1.11 bits per heavy atom. The number of rotatable bonds is 4. The topological polar surface area (TPSA) is 39.2 Å². The highest BCUT2D eigenvalue weighted by Gasteiger charge is 2.23. The molecular weight excluding hydrogens is 238 g/mol. The van der Waals surface area contributed by atoms with Crippen LogP contribution >= 0.6 is 0 Å². The highest BCUT2D eigenvalue weighted by atomic mass is 16.5. The van der Waals surface area contributed by atoms with Crippen molar-refractivity contribution in [2.24, 2.45) is 0 Å². The molecule has 19 heavy (non-hydrogen) atoms. The molecule has 0 radical (unpaired) electrons. The molecule has 1 aromatic carbocycles. The van der Waals surface area contributed by atoms with Gasteiger partial charge in [-0.25, -0.2) is 0 Å². The lowest BCUT2D eigenvalue weighted by molar-refractivity contribution is 0.101. The first-order chi connectivity index (χ1) is 8.99. The summed E-state index contributed by atoms with van der Waals surface area (Å²) >= 11 is 0. The van der Waals surface area contributed by atoms with E-state index in [0.29, 0.717) is 5.56 Å². The second kappa shape index (κ2) is 5.22. The van der Waals surface area contributed by atoms with Crippen LogP contribution in [-0.2, 0) is 5.60 Å². The summed E-state index contributed by atoms with van der Waals surface area (Å²) in [5, 5.41) is 0. The van der Waals surface area contributed by atoms with Crippen LogP contribution in [0.25, 0.3) is 0 Å². The Labute approximate surface area is 113 Å². The fourth-order valence-corrected chi connectivity index (χ4v) is 1.82. The van der Waals surface area contributed by atoms with Crippen LogP contribution < -0.4 is 4.74 Å². The Balaban J connectivity index is 2.18. The summed E-state index contributed by atoms with van der Waals surface area (Å²) in [6.45, 7) is 5.48. The van der Waals surface area contributed by atoms with Crippen LogP contribution in [0.15, 0.2) is 48.7 Å². The van der Waals surface area contributed by atoms with Crippen LogP contribution in [0.1, 0.15) is 36.8 Å². The van der Waals surface area contributed by atoms with E-state index in [4.69, 9.17) is 4.74 Å². The van der Waals surface area contributed by atoms with Crippen LogP contribution in [0, 0.1) is 0 Å². The maximum Gasteiger partial charge on any atom is 0.159 e. The van der Waals surface area contributed by atoms with Crippen LogP contribution in [0.5, 0.6) is 5.75 Å². The van der Waals surface area contributed by atoms with Crippen molar-refractivity contribution >= 4 is 5.78 Å². The lowest BCUT2D eigenvalue weighted by atomic mass is 10.0. The molecule has 0 bridgehead atoms. The smallest absolute Gasteiger partial charge is 0.159 e. The van der Waals surface area contributed by atoms with E-state index in [1.807, 2.05) is 32.0 Å². The highest BCUT2D eigenvalue weighted by molar-refractivity contribution is 5.94. The van der Waals surface area contributed by atoms with Crippen molar-refractivity contribution in [1.29, 1.82) is 0 Å². The Morgan fingerprint density at radius 2 is 1.79 bits per heavy atom. The van der Waals surface area contributed by atoms with Gasteiger partial charge in [0.1, 0.15) is 11.4 Å². The summed E-state index contributed by atoms with van der Waals surface area (Å²) in [7, 11) is 0. The zero-order valence-electron chi connectivity index (χ0n) is 11.4. The van der Waals surface area contributed by atoms with Crippen molar-refractivity contribution in [2.75, 3.05) is 0 Å². The first kappa shape index (κ1) is 13.3. The van der Waals surface area contributed by atoms with Gasteiger partial charge in [-0.15, -0.1) is 0 Å². The minimum atomic E-state index is -0.515. The Bertz CT molecular complexity index is 559. The molecule has 98 valence electrons. The van der Waals surface area contributed by atoms with E-state index < -0.39 is 5.60 Å². The van der Waals surface area contributed by atoms with Gasteiger partial charge in [-0.3, -0.25) is 9.78 Å². The molecule has 0 fully saturated rings. The third kappa shape index (κ3) is 3.19. The summed E-state index contributed by atoms with van der Waals surface area (Å²) in [6, 6.07) is 12.9. The molecule has 1 heterocycles. The molecule has 3 nitrogen and oxygen atoms in total. The number of pyridine rings is 1. The number of benzene rings is 1.